The predicted molar refractivity (Wildman–Crippen MR) is 77.1 cm³/mol. The van der Waals surface area contributed by atoms with E-state index in [0.29, 0.717) is 19.4 Å². The Kier molecular flexibility index (Phi) is 5.17. The van der Waals surface area contributed by atoms with Gasteiger partial charge in [0.05, 0.1) is 6.61 Å². The van der Waals surface area contributed by atoms with Crippen LogP contribution in [0.5, 0.6) is 0 Å². The fourth-order valence-corrected chi connectivity index (χ4v) is 2.65. The minimum Gasteiger partial charge on any atom is -0.463 e. The number of rotatable bonds is 5. The molecule has 1 aromatic heterocycles. The van der Waals surface area contributed by atoms with Gasteiger partial charge in [-0.3, -0.25) is 4.79 Å². The van der Waals surface area contributed by atoms with Gasteiger partial charge in [0.15, 0.2) is 5.16 Å². The van der Waals surface area contributed by atoms with Crippen LogP contribution in [0.1, 0.15) is 29.8 Å². The Labute approximate surface area is 127 Å². The quantitative estimate of drug-likeness (QED) is 0.464. The maximum Gasteiger partial charge on any atom is 0.347 e. The van der Waals surface area contributed by atoms with Crippen LogP contribution >= 0.6 is 11.8 Å². The zero-order valence-electron chi connectivity index (χ0n) is 12.3. The number of hydrogen-bond donors (Lipinski definition) is 0. The molecule has 0 aromatic carbocycles. The summed E-state index contributed by atoms with van der Waals surface area (Å²) in [5, 5.41) is 0.727. The largest absolute Gasteiger partial charge is 0.463 e. The van der Waals surface area contributed by atoms with Crippen molar-refractivity contribution in [2.24, 2.45) is 0 Å². The van der Waals surface area contributed by atoms with E-state index in [2.05, 4.69) is 9.97 Å². The first kappa shape index (κ1) is 15.8. The lowest BCUT2D eigenvalue weighted by molar-refractivity contribution is -0.160. The molecular formula is C14H18N2O4S. The first-order valence-corrected chi connectivity index (χ1v) is 7.98. The Bertz CT molecular complexity index is 539. The molecule has 1 aliphatic rings. The number of aryl methyl sites for hydroxylation is 2. The Balaban J connectivity index is 1.93. The SMILES string of the molecule is CSc1nc(C)c(CCC(=O)O[C@H]2CCOC2=O)c(C)n1. The van der Waals surface area contributed by atoms with E-state index in [9.17, 15) is 9.59 Å². The lowest BCUT2D eigenvalue weighted by Gasteiger charge is -2.11. The minimum atomic E-state index is -0.741. The Morgan fingerprint density at radius 2 is 2.05 bits per heavy atom. The van der Waals surface area contributed by atoms with Crippen molar-refractivity contribution in [3.05, 3.63) is 17.0 Å². The second-order valence-electron chi connectivity index (χ2n) is 4.79. The lowest BCUT2D eigenvalue weighted by atomic mass is 10.1. The highest BCUT2D eigenvalue weighted by molar-refractivity contribution is 7.98. The molecule has 1 aromatic rings. The summed E-state index contributed by atoms with van der Waals surface area (Å²) in [6.07, 6.45) is 2.33. The molecule has 0 N–H and O–H groups in total. The van der Waals surface area contributed by atoms with E-state index >= 15 is 0 Å². The molecule has 1 saturated heterocycles. The van der Waals surface area contributed by atoms with Gasteiger partial charge >= 0.3 is 11.9 Å². The van der Waals surface area contributed by atoms with Gasteiger partial charge in [-0.1, -0.05) is 11.8 Å². The molecule has 0 radical (unpaired) electrons. The van der Waals surface area contributed by atoms with Crippen molar-refractivity contribution in [3.63, 3.8) is 0 Å². The van der Waals surface area contributed by atoms with Crippen molar-refractivity contribution in [1.29, 1.82) is 0 Å². The summed E-state index contributed by atoms with van der Waals surface area (Å²) < 4.78 is 9.87. The van der Waals surface area contributed by atoms with Crippen LogP contribution in [0, 0.1) is 13.8 Å². The molecule has 1 aliphatic heterocycles. The average molecular weight is 310 g/mol. The standard InChI is InChI=1S/C14H18N2O4S/c1-8-10(9(2)16-14(15-8)21-3)4-5-12(17)20-11-6-7-19-13(11)18/h11H,4-7H2,1-3H3/t11-/m0/s1. The van der Waals surface area contributed by atoms with E-state index in [4.69, 9.17) is 9.47 Å². The van der Waals surface area contributed by atoms with Crippen molar-refractivity contribution in [2.45, 2.75) is 44.4 Å². The third kappa shape index (κ3) is 3.93. The Hall–Kier alpha value is -1.63. The number of carbonyl (C=O) groups is 2. The minimum absolute atomic E-state index is 0.202. The van der Waals surface area contributed by atoms with Gasteiger partial charge in [0.25, 0.3) is 0 Å². The molecule has 2 rings (SSSR count). The summed E-state index contributed by atoms with van der Waals surface area (Å²) in [6, 6.07) is 0. The van der Waals surface area contributed by atoms with Gasteiger partial charge in [-0.25, -0.2) is 14.8 Å². The van der Waals surface area contributed by atoms with Crippen LogP contribution in [0.3, 0.4) is 0 Å². The van der Waals surface area contributed by atoms with E-state index < -0.39 is 18.0 Å². The van der Waals surface area contributed by atoms with Crippen molar-refractivity contribution in [3.8, 4) is 0 Å². The molecular weight excluding hydrogens is 292 g/mol. The summed E-state index contributed by atoms with van der Waals surface area (Å²) in [5.41, 5.74) is 2.71. The third-order valence-electron chi connectivity index (χ3n) is 3.32. The highest BCUT2D eigenvalue weighted by Crippen LogP contribution is 2.18. The highest BCUT2D eigenvalue weighted by Gasteiger charge is 2.30. The van der Waals surface area contributed by atoms with E-state index in [1.54, 1.807) is 0 Å². The van der Waals surface area contributed by atoms with Crippen LogP contribution in [0.15, 0.2) is 5.16 Å². The van der Waals surface area contributed by atoms with Crippen LogP contribution < -0.4 is 0 Å². The molecule has 7 heteroatoms. The van der Waals surface area contributed by atoms with Gasteiger partial charge in [-0.2, -0.15) is 0 Å². The summed E-state index contributed by atoms with van der Waals surface area (Å²) in [4.78, 5) is 31.8. The van der Waals surface area contributed by atoms with Crippen molar-refractivity contribution in [2.75, 3.05) is 12.9 Å². The number of esters is 2. The Morgan fingerprint density at radius 3 is 2.57 bits per heavy atom. The van der Waals surface area contributed by atoms with Gasteiger partial charge < -0.3 is 9.47 Å². The lowest BCUT2D eigenvalue weighted by Crippen LogP contribution is -2.23. The molecule has 1 atom stereocenters. The fraction of sp³-hybridized carbons (Fsp3) is 0.571. The van der Waals surface area contributed by atoms with Gasteiger partial charge in [0, 0.05) is 24.2 Å². The Morgan fingerprint density at radius 1 is 1.38 bits per heavy atom. The molecule has 2 heterocycles. The highest BCUT2D eigenvalue weighted by atomic mass is 32.2. The first-order valence-electron chi connectivity index (χ1n) is 6.75. The smallest absolute Gasteiger partial charge is 0.347 e. The topological polar surface area (TPSA) is 78.4 Å². The second kappa shape index (κ2) is 6.89. The molecule has 1 fully saturated rings. The van der Waals surface area contributed by atoms with Crippen LogP contribution in [0.2, 0.25) is 0 Å². The average Bonchev–Trinajstić information content (AvgIpc) is 2.83. The molecule has 0 aliphatic carbocycles. The van der Waals surface area contributed by atoms with Crippen LogP contribution in [-0.2, 0) is 25.5 Å². The second-order valence-corrected chi connectivity index (χ2v) is 5.57. The van der Waals surface area contributed by atoms with Gasteiger partial charge in [0.2, 0.25) is 6.10 Å². The first-order chi connectivity index (χ1) is 10.0. The van der Waals surface area contributed by atoms with E-state index in [0.717, 1.165) is 22.1 Å². The van der Waals surface area contributed by atoms with Crippen molar-refractivity contribution < 1.29 is 19.1 Å². The zero-order chi connectivity index (χ0) is 15.4. The van der Waals surface area contributed by atoms with E-state index in [1.807, 2.05) is 20.1 Å². The monoisotopic (exact) mass is 310 g/mol. The molecule has 0 spiro atoms. The van der Waals surface area contributed by atoms with Gasteiger partial charge in [-0.05, 0) is 32.1 Å². The summed E-state index contributed by atoms with van der Waals surface area (Å²) in [5.74, 6) is -0.852. The number of cyclic esters (lactones) is 1. The number of nitrogens with zero attached hydrogens (tertiary/aromatic N) is 2. The fourth-order valence-electron chi connectivity index (χ4n) is 2.19. The van der Waals surface area contributed by atoms with Crippen LogP contribution in [-0.4, -0.2) is 40.9 Å². The maximum atomic E-state index is 11.8. The number of ether oxygens (including phenoxy) is 2. The van der Waals surface area contributed by atoms with E-state index in [1.165, 1.54) is 11.8 Å². The van der Waals surface area contributed by atoms with Crippen LogP contribution in [0.25, 0.3) is 0 Å². The third-order valence-corrected chi connectivity index (χ3v) is 3.87. The maximum absolute atomic E-state index is 11.8. The molecule has 21 heavy (non-hydrogen) atoms. The number of aromatic nitrogens is 2. The number of hydrogen-bond acceptors (Lipinski definition) is 7. The molecule has 6 nitrogen and oxygen atoms in total. The molecule has 114 valence electrons. The summed E-state index contributed by atoms with van der Waals surface area (Å²) >= 11 is 1.49. The zero-order valence-corrected chi connectivity index (χ0v) is 13.2. The van der Waals surface area contributed by atoms with Crippen molar-refractivity contribution in [1.82, 2.24) is 9.97 Å². The number of carbonyl (C=O) groups excluding carboxylic acids is 2. The normalized spacial score (nSPS) is 17.7. The molecule has 0 unspecified atom stereocenters. The molecule has 0 saturated carbocycles. The summed E-state index contributed by atoms with van der Waals surface area (Å²) in [6.45, 7) is 4.13. The van der Waals surface area contributed by atoms with Crippen LogP contribution in [0.4, 0.5) is 0 Å². The van der Waals surface area contributed by atoms with Crippen molar-refractivity contribution >= 4 is 23.7 Å². The molecule has 0 amide bonds. The van der Waals surface area contributed by atoms with E-state index in [-0.39, 0.29) is 6.42 Å². The summed E-state index contributed by atoms with van der Waals surface area (Å²) in [7, 11) is 0. The van der Waals surface area contributed by atoms with Gasteiger partial charge in [0.1, 0.15) is 0 Å². The predicted octanol–water partition coefficient (Wildman–Crippen LogP) is 1.61. The molecule has 0 bridgehead atoms. The number of thioether (sulfide) groups is 1. The van der Waals surface area contributed by atoms with Gasteiger partial charge in [-0.15, -0.1) is 0 Å².